The van der Waals surface area contributed by atoms with Crippen molar-refractivity contribution in [3.63, 3.8) is 0 Å². The van der Waals surface area contributed by atoms with Crippen LogP contribution >= 0.6 is 11.8 Å². The number of carbonyl (C=O) groups is 2. The van der Waals surface area contributed by atoms with Crippen molar-refractivity contribution in [3.8, 4) is 0 Å². The third kappa shape index (κ3) is 4.85. The lowest BCUT2D eigenvalue weighted by Gasteiger charge is -2.36. The first-order valence-corrected chi connectivity index (χ1v) is 11.7. The Balaban J connectivity index is 1.64. The average molecular weight is 463 g/mol. The molecule has 0 spiro atoms. The minimum Gasteiger partial charge on any atom is -0.466 e. The van der Waals surface area contributed by atoms with Crippen molar-refractivity contribution in [2.45, 2.75) is 39.3 Å². The van der Waals surface area contributed by atoms with Gasteiger partial charge in [0, 0.05) is 11.9 Å². The van der Waals surface area contributed by atoms with Gasteiger partial charge >= 0.3 is 5.97 Å². The summed E-state index contributed by atoms with van der Waals surface area (Å²) in [5.41, 5.74) is 4.85. The summed E-state index contributed by atoms with van der Waals surface area (Å²) < 4.78 is 5.15. The maximum absolute atomic E-state index is 12.9. The zero-order valence-corrected chi connectivity index (χ0v) is 19.7. The number of esters is 1. The van der Waals surface area contributed by atoms with Gasteiger partial charge in [-0.2, -0.15) is 0 Å². The molecular formula is C25H26N4O3S. The lowest BCUT2D eigenvalue weighted by molar-refractivity contribution is -0.136. The van der Waals surface area contributed by atoms with Crippen LogP contribution in [0.25, 0.3) is 0 Å². The Labute approximate surface area is 197 Å². The molecule has 2 aromatic rings. The lowest BCUT2D eigenvalue weighted by Crippen LogP contribution is -2.38. The van der Waals surface area contributed by atoms with Crippen LogP contribution in [0.2, 0.25) is 0 Å². The number of amides is 1. The van der Waals surface area contributed by atoms with E-state index in [0.717, 1.165) is 27.7 Å². The van der Waals surface area contributed by atoms with Gasteiger partial charge in [0.2, 0.25) is 5.91 Å². The summed E-state index contributed by atoms with van der Waals surface area (Å²) in [4.78, 5) is 36.7. The number of carbonyl (C=O) groups excluding carboxylic acids is 2. The molecule has 170 valence electrons. The molecule has 7 nitrogen and oxygen atoms in total. The predicted octanol–water partition coefficient (Wildman–Crippen LogP) is 4.23. The first-order chi connectivity index (χ1) is 16.0. The van der Waals surface area contributed by atoms with Crippen molar-refractivity contribution >= 4 is 28.8 Å². The number of amidine groups is 1. The zero-order valence-electron chi connectivity index (χ0n) is 18.9. The normalized spacial score (nSPS) is 17.3. The first kappa shape index (κ1) is 22.8. The quantitative estimate of drug-likeness (QED) is 0.620. The second kappa shape index (κ2) is 10.0. The molecule has 1 aromatic carbocycles. The van der Waals surface area contributed by atoms with E-state index in [2.05, 4.69) is 16.4 Å². The van der Waals surface area contributed by atoms with E-state index in [4.69, 9.17) is 9.73 Å². The van der Waals surface area contributed by atoms with E-state index in [1.807, 2.05) is 60.6 Å². The second-order valence-corrected chi connectivity index (χ2v) is 8.62. The number of allylic oxidation sites excluding steroid dienone is 1. The summed E-state index contributed by atoms with van der Waals surface area (Å²) >= 11 is 1.47. The van der Waals surface area contributed by atoms with Gasteiger partial charge in [-0.25, -0.2) is 9.79 Å². The molecule has 0 unspecified atom stereocenters. The highest BCUT2D eigenvalue weighted by molar-refractivity contribution is 8.16. The molecule has 1 atom stereocenters. The van der Waals surface area contributed by atoms with E-state index in [9.17, 15) is 9.59 Å². The maximum atomic E-state index is 12.9. The van der Waals surface area contributed by atoms with Crippen LogP contribution in [-0.2, 0) is 20.9 Å². The highest BCUT2D eigenvalue weighted by Gasteiger charge is 2.41. The molecule has 1 aromatic heterocycles. The standard InChI is InChI=1S/C25H26N4O3S/c1-4-20-22(24(31)32-3)23(17-9-7-8-16(2)12-17)29-19(15-33-25(29)28-20)13-21(30)27-14-18-10-5-6-11-26-18/h5-12,15,23H,4,13-14H2,1-3H3,(H,27,30)/t23-/m0/s1. The topological polar surface area (TPSA) is 83.9 Å². The Bertz CT molecular complexity index is 1160. The smallest absolute Gasteiger partial charge is 0.338 e. The van der Waals surface area contributed by atoms with Crippen molar-refractivity contribution in [1.29, 1.82) is 0 Å². The third-order valence-electron chi connectivity index (χ3n) is 5.52. The Morgan fingerprint density at radius 2 is 2.06 bits per heavy atom. The van der Waals surface area contributed by atoms with Gasteiger partial charge in [0.15, 0.2) is 5.17 Å². The Kier molecular flexibility index (Phi) is 6.93. The van der Waals surface area contributed by atoms with Crippen LogP contribution in [-0.4, -0.2) is 34.0 Å². The minimum atomic E-state index is -0.412. The SMILES string of the molecule is CCC1=C(C(=O)OC)[C@H](c2cccc(C)c2)N2C(CC(=O)NCc3ccccn3)=CSC2=N1. The number of fused-ring (bicyclic) bond motifs is 1. The molecule has 0 fully saturated rings. The van der Waals surface area contributed by atoms with Gasteiger partial charge in [0.25, 0.3) is 0 Å². The summed E-state index contributed by atoms with van der Waals surface area (Å²) in [7, 11) is 1.38. The fourth-order valence-electron chi connectivity index (χ4n) is 3.99. The van der Waals surface area contributed by atoms with Crippen LogP contribution in [0.15, 0.2) is 76.0 Å². The van der Waals surface area contributed by atoms with E-state index < -0.39 is 12.0 Å². The molecule has 4 rings (SSSR count). The Hall–Kier alpha value is -3.39. The number of thioether (sulfide) groups is 1. The maximum Gasteiger partial charge on any atom is 0.338 e. The van der Waals surface area contributed by atoms with Gasteiger partial charge < -0.3 is 15.0 Å². The number of methoxy groups -OCH3 is 1. The zero-order chi connectivity index (χ0) is 23.4. The second-order valence-electron chi connectivity index (χ2n) is 7.79. The highest BCUT2D eigenvalue weighted by atomic mass is 32.2. The number of pyridine rings is 1. The number of ether oxygens (including phenoxy) is 1. The number of aromatic nitrogens is 1. The number of rotatable bonds is 7. The summed E-state index contributed by atoms with van der Waals surface area (Å²) in [6, 6.07) is 13.2. The van der Waals surface area contributed by atoms with Gasteiger partial charge in [-0.05, 0) is 36.4 Å². The molecule has 33 heavy (non-hydrogen) atoms. The number of hydrogen-bond donors (Lipinski definition) is 1. The van der Waals surface area contributed by atoms with Gasteiger partial charge in [-0.15, -0.1) is 0 Å². The molecule has 1 N–H and O–H groups in total. The van der Waals surface area contributed by atoms with Crippen molar-refractivity contribution in [1.82, 2.24) is 15.2 Å². The number of aryl methyl sites for hydroxylation is 1. The van der Waals surface area contributed by atoms with Crippen LogP contribution in [0.1, 0.15) is 42.6 Å². The van der Waals surface area contributed by atoms with E-state index in [-0.39, 0.29) is 12.3 Å². The Morgan fingerprint density at radius 1 is 1.21 bits per heavy atom. The summed E-state index contributed by atoms with van der Waals surface area (Å²) in [6.07, 6.45) is 2.47. The molecule has 0 aliphatic carbocycles. The third-order valence-corrected chi connectivity index (χ3v) is 6.41. The summed E-state index contributed by atoms with van der Waals surface area (Å²) in [6.45, 7) is 4.35. The number of nitrogens with one attached hydrogen (secondary N) is 1. The van der Waals surface area contributed by atoms with E-state index in [1.165, 1.54) is 18.9 Å². The monoisotopic (exact) mass is 462 g/mol. The highest BCUT2D eigenvalue weighted by Crippen LogP contribution is 2.45. The van der Waals surface area contributed by atoms with Gasteiger partial charge in [-0.1, -0.05) is 54.6 Å². The van der Waals surface area contributed by atoms with E-state index in [1.54, 1.807) is 6.20 Å². The molecule has 8 heteroatoms. The molecule has 2 aliphatic heterocycles. The van der Waals surface area contributed by atoms with Crippen molar-refractivity contribution in [2.75, 3.05) is 7.11 Å². The molecule has 3 heterocycles. The number of hydrogen-bond acceptors (Lipinski definition) is 7. The minimum absolute atomic E-state index is 0.123. The van der Waals surface area contributed by atoms with Crippen LogP contribution in [0.4, 0.5) is 0 Å². The number of nitrogens with zero attached hydrogens (tertiary/aromatic N) is 3. The summed E-state index contributed by atoms with van der Waals surface area (Å²) in [5, 5.41) is 5.63. The van der Waals surface area contributed by atoms with Crippen molar-refractivity contribution < 1.29 is 14.3 Å². The largest absolute Gasteiger partial charge is 0.466 e. The van der Waals surface area contributed by atoms with Gasteiger partial charge in [0.05, 0.1) is 43.1 Å². The number of aliphatic imine (C=N–C) groups is 1. The molecule has 0 saturated carbocycles. The molecular weight excluding hydrogens is 436 g/mol. The molecule has 0 bridgehead atoms. The summed E-state index contributed by atoms with van der Waals surface area (Å²) in [5.74, 6) is -0.529. The molecule has 0 saturated heterocycles. The van der Waals surface area contributed by atoms with E-state index in [0.29, 0.717) is 24.2 Å². The van der Waals surface area contributed by atoms with Gasteiger partial charge in [-0.3, -0.25) is 9.78 Å². The fraction of sp³-hybridized carbons (Fsp3) is 0.280. The van der Waals surface area contributed by atoms with Crippen LogP contribution in [0.5, 0.6) is 0 Å². The van der Waals surface area contributed by atoms with E-state index >= 15 is 0 Å². The fourth-order valence-corrected chi connectivity index (χ4v) is 4.92. The lowest BCUT2D eigenvalue weighted by atomic mass is 9.92. The predicted molar refractivity (Wildman–Crippen MR) is 129 cm³/mol. The first-order valence-electron chi connectivity index (χ1n) is 10.8. The van der Waals surface area contributed by atoms with Gasteiger partial charge in [0.1, 0.15) is 0 Å². The Morgan fingerprint density at radius 3 is 2.76 bits per heavy atom. The van der Waals surface area contributed by atoms with Crippen LogP contribution in [0.3, 0.4) is 0 Å². The average Bonchev–Trinajstić information content (AvgIpc) is 3.23. The molecule has 2 aliphatic rings. The van der Waals surface area contributed by atoms with Crippen molar-refractivity contribution in [2.24, 2.45) is 4.99 Å². The van der Waals surface area contributed by atoms with Crippen LogP contribution < -0.4 is 5.32 Å². The number of benzene rings is 1. The molecule has 1 amide bonds. The molecule has 0 radical (unpaired) electrons. The van der Waals surface area contributed by atoms with Crippen molar-refractivity contribution in [3.05, 3.63) is 87.9 Å². The van der Waals surface area contributed by atoms with Crippen LogP contribution in [0, 0.1) is 6.92 Å².